The molecular formula is C17H26N2O2. The van der Waals surface area contributed by atoms with Gasteiger partial charge in [0, 0.05) is 23.2 Å². The highest BCUT2D eigenvalue weighted by Crippen LogP contribution is 2.22. The zero-order chi connectivity index (χ0) is 16.0. The van der Waals surface area contributed by atoms with Gasteiger partial charge in [0.05, 0.1) is 0 Å². The van der Waals surface area contributed by atoms with Crippen LogP contribution in [0.25, 0.3) is 0 Å². The predicted molar refractivity (Wildman–Crippen MR) is 87.3 cm³/mol. The highest BCUT2D eigenvalue weighted by atomic mass is 16.2. The van der Waals surface area contributed by atoms with E-state index in [1.54, 1.807) is 0 Å². The number of nitrogens with one attached hydrogen (secondary N) is 2. The van der Waals surface area contributed by atoms with Gasteiger partial charge < -0.3 is 10.6 Å². The van der Waals surface area contributed by atoms with Crippen molar-refractivity contribution in [3.8, 4) is 0 Å². The summed E-state index contributed by atoms with van der Waals surface area (Å²) in [6.45, 7) is 9.71. The number of rotatable bonds is 6. The van der Waals surface area contributed by atoms with Crippen molar-refractivity contribution >= 4 is 23.2 Å². The van der Waals surface area contributed by atoms with Crippen molar-refractivity contribution in [2.75, 3.05) is 10.6 Å². The molecule has 116 valence electrons. The van der Waals surface area contributed by atoms with E-state index in [0.29, 0.717) is 5.69 Å². The minimum absolute atomic E-state index is 0.000515. The molecule has 0 aliphatic carbocycles. The molecule has 0 fully saturated rings. The average molecular weight is 290 g/mol. The fourth-order valence-corrected chi connectivity index (χ4v) is 1.73. The van der Waals surface area contributed by atoms with E-state index in [1.165, 1.54) is 0 Å². The van der Waals surface area contributed by atoms with Crippen molar-refractivity contribution in [3.63, 3.8) is 0 Å². The Hall–Kier alpha value is -1.84. The lowest BCUT2D eigenvalue weighted by molar-refractivity contribution is -0.120. The number of amides is 2. The fraction of sp³-hybridized carbons (Fsp3) is 0.529. The van der Waals surface area contributed by atoms with Crippen LogP contribution < -0.4 is 10.6 Å². The van der Waals surface area contributed by atoms with E-state index >= 15 is 0 Å². The van der Waals surface area contributed by atoms with Crippen LogP contribution in [-0.2, 0) is 9.59 Å². The van der Waals surface area contributed by atoms with Crippen molar-refractivity contribution in [3.05, 3.63) is 23.8 Å². The maximum absolute atomic E-state index is 12.0. The summed E-state index contributed by atoms with van der Waals surface area (Å²) in [7, 11) is 0. The molecule has 21 heavy (non-hydrogen) atoms. The maximum atomic E-state index is 12.0. The van der Waals surface area contributed by atoms with Crippen molar-refractivity contribution in [1.82, 2.24) is 0 Å². The molecule has 2 atom stereocenters. The van der Waals surface area contributed by atoms with Gasteiger partial charge in [0.25, 0.3) is 0 Å². The molecule has 0 heterocycles. The number of carbonyl (C=O) groups is 2. The Morgan fingerprint density at radius 3 is 2.05 bits per heavy atom. The number of anilines is 2. The zero-order valence-electron chi connectivity index (χ0n) is 13.6. The van der Waals surface area contributed by atoms with Gasteiger partial charge in [-0.3, -0.25) is 9.59 Å². The standard InChI is InChI=1S/C17H26N2O2/c1-6-11(3)16(20)18-14-9-8-13(5)15(10-14)19-17(21)12(4)7-2/h8-12H,6-7H2,1-5H3,(H,18,20)(H,19,21). The van der Waals surface area contributed by atoms with E-state index in [9.17, 15) is 9.59 Å². The first-order valence-corrected chi connectivity index (χ1v) is 7.61. The lowest BCUT2D eigenvalue weighted by Gasteiger charge is -2.15. The monoisotopic (exact) mass is 290 g/mol. The van der Waals surface area contributed by atoms with E-state index in [0.717, 1.165) is 24.1 Å². The van der Waals surface area contributed by atoms with Gasteiger partial charge in [-0.2, -0.15) is 0 Å². The van der Waals surface area contributed by atoms with E-state index in [1.807, 2.05) is 52.8 Å². The molecule has 0 aliphatic heterocycles. The van der Waals surface area contributed by atoms with E-state index < -0.39 is 0 Å². The van der Waals surface area contributed by atoms with Crippen LogP contribution in [0.4, 0.5) is 11.4 Å². The molecule has 0 saturated heterocycles. The van der Waals surface area contributed by atoms with Crippen molar-refractivity contribution in [2.24, 2.45) is 11.8 Å². The third kappa shape index (κ3) is 4.88. The molecule has 0 bridgehead atoms. The molecular weight excluding hydrogens is 264 g/mol. The Labute approximate surface area is 127 Å². The molecule has 2 amide bonds. The Morgan fingerprint density at radius 2 is 1.52 bits per heavy atom. The largest absolute Gasteiger partial charge is 0.326 e. The summed E-state index contributed by atoms with van der Waals surface area (Å²) < 4.78 is 0. The molecule has 1 aromatic carbocycles. The van der Waals surface area contributed by atoms with Gasteiger partial charge in [-0.05, 0) is 37.5 Å². The Bertz CT molecular complexity index is 512. The molecule has 4 heteroatoms. The SMILES string of the molecule is CCC(C)C(=O)Nc1ccc(C)c(NC(=O)C(C)CC)c1. The molecule has 0 aliphatic rings. The van der Waals surface area contributed by atoms with Crippen LogP contribution >= 0.6 is 0 Å². The van der Waals surface area contributed by atoms with E-state index in [-0.39, 0.29) is 23.7 Å². The summed E-state index contributed by atoms with van der Waals surface area (Å²) >= 11 is 0. The smallest absolute Gasteiger partial charge is 0.227 e. The van der Waals surface area contributed by atoms with E-state index in [4.69, 9.17) is 0 Å². The van der Waals surface area contributed by atoms with Gasteiger partial charge >= 0.3 is 0 Å². The van der Waals surface area contributed by atoms with Gasteiger partial charge in [-0.1, -0.05) is 33.8 Å². The number of benzene rings is 1. The number of aryl methyl sites for hydroxylation is 1. The highest BCUT2D eigenvalue weighted by molar-refractivity contribution is 5.96. The van der Waals surface area contributed by atoms with Crippen molar-refractivity contribution in [1.29, 1.82) is 0 Å². The first-order valence-electron chi connectivity index (χ1n) is 7.61. The maximum Gasteiger partial charge on any atom is 0.227 e. The summed E-state index contributed by atoms with van der Waals surface area (Å²) in [5.41, 5.74) is 2.45. The quantitative estimate of drug-likeness (QED) is 0.833. The first-order chi connectivity index (χ1) is 9.88. The predicted octanol–water partition coefficient (Wildman–Crippen LogP) is 3.96. The van der Waals surface area contributed by atoms with Gasteiger partial charge in [0.2, 0.25) is 11.8 Å². The van der Waals surface area contributed by atoms with Crippen LogP contribution in [0.2, 0.25) is 0 Å². The van der Waals surface area contributed by atoms with Crippen LogP contribution in [0, 0.1) is 18.8 Å². The van der Waals surface area contributed by atoms with Crippen LogP contribution in [-0.4, -0.2) is 11.8 Å². The molecule has 0 spiro atoms. The third-order valence-corrected chi connectivity index (χ3v) is 3.88. The molecule has 2 unspecified atom stereocenters. The Kier molecular flexibility index (Phi) is 6.40. The van der Waals surface area contributed by atoms with Gasteiger partial charge in [-0.15, -0.1) is 0 Å². The second-order valence-electron chi connectivity index (χ2n) is 5.63. The van der Waals surface area contributed by atoms with Crippen LogP contribution in [0.15, 0.2) is 18.2 Å². The lowest BCUT2D eigenvalue weighted by Crippen LogP contribution is -2.21. The second kappa shape index (κ2) is 7.81. The molecule has 1 aromatic rings. The molecule has 1 rings (SSSR count). The minimum Gasteiger partial charge on any atom is -0.326 e. The minimum atomic E-state index is -0.0252. The fourth-order valence-electron chi connectivity index (χ4n) is 1.73. The van der Waals surface area contributed by atoms with Crippen LogP contribution in [0.5, 0.6) is 0 Å². The second-order valence-corrected chi connectivity index (χ2v) is 5.63. The van der Waals surface area contributed by atoms with Crippen molar-refractivity contribution < 1.29 is 9.59 Å². The zero-order valence-corrected chi connectivity index (χ0v) is 13.6. The summed E-state index contributed by atoms with van der Waals surface area (Å²) in [5, 5.41) is 5.81. The Balaban J connectivity index is 2.85. The molecule has 0 saturated carbocycles. The van der Waals surface area contributed by atoms with Crippen LogP contribution in [0.3, 0.4) is 0 Å². The molecule has 2 N–H and O–H groups in total. The third-order valence-electron chi connectivity index (χ3n) is 3.88. The van der Waals surface area contributed by atoms with E-state index in [2.05, 4.69) is 10.6 Å². The Morgan fingerprint density at radius 1 is 1.00 bits per heavy atom. The van der Waals surface area contributed by atoms with Gasteiger partial charge in [0.1, 0.15) is 0 Å². The number of hydrogen-bond acceptors (Lipinski definition) is 2. The number of hydrogen-bond donors (Lipinski definition) is 2. The topological polar surface area (TPSA) is 58.2 Å². The molecule has 4 nitrogen and oxygen atoms in total. The first kappa shape index (κ1) is 17.2. The normalized spacial score (nSPS) is 13.4. The number of carbonyl (C=O) groups excluding carboxylic acids is 2. The molecule has 0 aromatic heterocycles. The highest BCUT2D eigenvalue weighted by Gasteiger charge is 2.14. The van der Waals surface area contributed by atoms with Gasteiger partial charge in [0.15, 0.2) is 0 Å². The lowest BCUT2D eigenvalue weighted by atomic mass is 10.1. The summed E-state index contributed by atoms with van der Waals surface area (Å²) in [4.78, 5) is 23.9. The average Bonchev–Trinajstić information content (AvgIpc) is 2.48. The van der Waals surface area contributed by atoms with Gasteiger partial charge in [-0.25, -0.2) is 0 Å². The summed E-state index contributed by atoms with van der Waals surface area (Å²) in [6.07, 6.45) is 1.60. The van der Waals surface area contributed by atoms with Crippen LogP contribution in [0.1, 0.15) is 46.1 Å². The molecule has 0 radical (unpaired) electrons. The van der Waals surface area contributed by atoms with Crippen molar-refractivity contribution in [2.45, 2.75) is 47.5 Å². The summed E-state index contributed by atoms with van der Waals surface area (Å²) in [6, 6.07) is 5.57. The summed E-state index contributed by atoms with van der Waals surface area (Å²) in [5.74, 6) is -0.0428.